The maximum absolute atomic E-state index is 12.1. The van der Waals surface area contributed by atoms with Gasteiger partial charge in [-0.05, 0) is 60.0 Å². The molecule has 134 valence electrons. The number of rotatable bonds is 6. The van der Waals surface area contributed by atoms with Crippen molar-refractivity contribution in [3.63, 3.8) is 0 Å². The number of allylic oxidation sites excluding steroid dienone is 1. The first-order valence-corrected chi connectivity index (χ1v) is 8.73. The van der Waals surface area contributed by atoms with Gasteiger partial charge in [0.2, 0.25) is 0 Å². The molecule has 0 saturated heterocycles. The smallest absolute Gasteiger partial charge is 0.343 e. The zero-order valence-corrected chi connectivity index (χ0v) is 14.7. The van der Waals surface area contributed by atoms with Crippen LogP contribution in [0.2, 0.25) is 0 Å². The zero-order valence-electron chi connectivity index (χ0n) is 13.9. The second-order valence-electron chi connectivity index (χ2n) is 5.43. The van der Waals surface area contributed by atoms with Crippen LogP contribution in [0.15, 0.2) is 72.1 Å². The van der Waals surface area contributed by atoms with Gasteiger partial charge in [0.25, 0.3) is 5.69 Å². The first-order valence-electron chi connectivity index (χ1n) is 7.85. The number of thiophene rings is 1. The fourth-order valence-corrected chi connectivity index (χ4v) is 2.83. The zero-order chi connectivity index (χ0) is 19.2. The van der Waals surface area contributed by atoms with Gasteiger partial charge in [0.15, 0.2) is 5.78 Å². The molecule has 0 spiro atoms. The Morgan fingerprint density at radius 2 is 1.63 bits per heavy atom. The first-order chi connectivity index (χ1) is 13.0. The Kier molecular flexibility index (Phi) is 5.53. The highest BCUT2D eigenvalue weighted by Gasteiger charge is 2.12. The molecular weight excluding hydrogens is 366 g/mol. The molecule has 0 radical (unpaired) electrons. The highest BCUT2D eigenvalue weighted by molar-refractivity contribution is 7.10. The molecule has 27 heavy (non-hydrogen) atoms. The SMILES string of the molecule is O=C(/C=C/c1cccs1)c1ccc(OC(=O)c2ccc([N+](=O)[O-])cc2)cc1. The molecule has 0 unspecified atom stereocenters. The number of esters is 1. The lowest BCUT2D eigenvalue weighted by Crippen LogP contribution is -2.08. The molecule has 3 aromatic rings. The minimum atomic E-state index is -0.637. The number of nitrogens with zero attached hydrogens (tertiary/aromatic N) is 1. The number of ether oxygens (including phenoxy) is 1. The maximum Gasteiger partial charge on any atom is 0.343 e. The largest absolute Gasteiger partial charge is 0.423 e. The van der Waals surface area contributed by atoms with E-state index in [9.17, 15) is 19.7 Å². The summed E-state index contributed by atoms with van der Waals surface area (Å²) in [5, 5.41) is 12.6. The number of carbonyl (C=O) groups is 2. The third-order valence-electron chi connectivity index (χ3n) is 3.61. The summed E-state index contributed by atoms with van der Waals surface area (Å²) in [5.74, 6) is -0.518. The Bertz CT molecular complexity index is 990. The summed E-state index contributed by atoms with van der Waals surface area (Å²) in [6.45, 7) is 0. The number of nitro groups is 1. The fraction of sp³-hybridized carbons (Fsp3) is 0. The number of hydrogen-bond donors (Lipinski definition) is 0. The molecule has 3 rings (SSSR count). The highest BCUT2D eigenvalue weighted by atomic mass is 32.1. The van der Waals surface area contributed by atoms with Crippen molar-refractivity contribution in [2.45, 2.75) is 0 Å². The standard InChI is InChI=1S/C20H13NO5S/c22-19(12-11-18-2-1-13-27-18)14-5-9-17(10-6-14)26-20(23)15-3-7-16(8-4-15)21(24)25/h1-13H/b12-11+. The molecule has 6 nitrogen and oxygen atoms in total. The van der Waals surface area contributed by atoms with E-state index in [4.69, 9.17) is 4.74 Å². The van der Waals surface area contributed by atoms with Crippen molar-refractivity contribution >= 4 is 34.9 Å². The number of ketones is 1. The Morgan fingerprint density at radius 1 is 0.963 bits per heavy atom. The van der Waals surface area contributed by atoms with E-state index in [1.54, 1.807) is 18.2 Å². The second kappa shape index (κ2) is 8.20. The lowest BCUT2D eigenvalue weighted by molar-refractivity contribution is -0.384. The van der Waals surface area contributed by atoms with Gasteiger partial charge in [-0.1, -0.05) is 6.07 Å². The topological polar surface area (TPSA) is 86.5 Å². The van der Waals surface area contributed by atoms with Gasteiger partial charge in [-0.3, -0.25) is 14.9 Å². The number of carbonyl (C=O) groups excluding carboxylic acids is 2. The Labute approximate surface area is 158 Å². The van der Waals surface area contributed by atoms with Crippen molar-refractivity contribution in [3.05, 3.63) is 98.2 Å². The quantitative estimate of drug-likeness (QED) is 0.154. The van der Waals surface area contributed by atoms with Crippen LogP contribution in [-0.2, 0) is 0 Å². The van der Waals surface area contributed by atoms with Crippen LogP contribution in [0.5, 0.6) is 5.75 Å². The van der Waals surface area contributed by atoms with Crippen molar-refractivity contribution < 1.29 is 19.2 Å². The second-order valence-corrected chi connectivity index (χ2v) is 6.41. The van der Waals surface area contributed by atoms with Gasteiger partial charge in [0.1, 0.15) is 5.75 Å². The van der Waals surface area contributed by atoms with Crippen LogP contribution in [0.4, 0.5) is 5.69 Å². The van der Waals surface area contributed by atoms with E-state index < -0.39 is 10.9 Å². The monoisotopic (exact) mass is 379 g/mol. The first kappa shape index (κ1) is 18.2. The van der Waals surface area contributed by atoms with Gasteiger partial charge in [0, 0.05) is 22.6 Å². The molecule has 0 bridgehead atoms. The van der Waals surface area contributed by atoms with E-state index in [2.05, 4.69) is 0 Å². The van der Waals surface area contributed by atoms with E-state index in [0.717, 1.165) is 4.88 Å². The third kappa shape index (κ3) is 4.74. The molecule has 7 heteroatoms. The van der Waals surface area contributed by atoms with E-state index in [1.165, 1.54) is 53.8 Å². The fourth-order valence-electron chi connectivity index (χ4n) is 2.21. The van der Waals surface area contributed by atoms with Crippen LogP contribution in [-0.4, -0.2) is 16.7 Å². The molecule has 0 saturated carbocycles. The molecule has 0 aliphatic rings. The minimum absolute atomic E-state index is 0.106. The van der Waals surface area contributed by atoms with Gasteiger partial charge < -0.3 is 4.74 Å². The summed E-state index contributed by atoms with van der Waals surface area (Å²) >= 11 is 1.54. The minimum Gasteiger partial charge on any atom is -0.423 e. The van der Waals surface area contributed by atoms with Gasteiger partial charge in [-0.15, -0.1) is 11.3 Å². The molecule has 1 aromatic heterocycles. The average molecular weight is 379 g/mol. The van der Waals surface area contributed by atoms with Crippen molar-refractivity contribution in [1.29, 1.82) is 0 Å². The Balaban J connectivity index is 1.63. The predicted molar refractivity (Wildman–Crippen MR) is 102 cm³/mol. The van der Waals surface area contributed by atoms with Gasteiger partial charge in [-0.2, -0.15) is 0 Å². The van der Waals surface area contributed by atoms with Crippen LogP contribution in [0.25, 0.3) is 6.08 Å². The van der Waals surface area contributed by atoms with Crippen molar-refractivity contribution in [2.75, 3.05) is 0 Å². The van der Waals surface area contributed by atoms with Gasteiger partial charge in [-0.25, -0.2) is 4.79 Å². The molecule has 0 aliphatic heterocycles. The summed E-state index contributed by atoms with van der Waals surface area (Å²) in [7, 11) is 0. The molecule has 1 heterocycles. The van der Waals surface area contributed by atoms with Crippen LogP contribution >= 0.6 is 11.3 Å². The number of non-ortho nitro benzene ring substituents is 1. The molecule has 0 aliphatic carbocycles. The van der Waals surface area contributed by atoms with Crippen molar-refractivity contribution in [2.24, 2.45) is 0 Å². The van der Waals surface area contributed by atoms with Gasteiger partial charge in [0.05, 0.1) is 10.5 Å². The summed E-state index contributed by atoms with van der Waals surface area (Å²) in [4.78, 5) is 35.3. The Hall–Kier alpha value is -3.58. The maximum atomic E-state index is 12.1. The summed E-state index contributed by atoms with van der Waals surface area (Å²) in [6.07, 6.45) is 3.24. The molecule has 0 amide bonds. The third-order valence-corrected chi connectivity index (χ3v) is 4.44. The van der Waals surface area contributed by atoms with Crippen LogP contribution in [0.1, 0.15) is 25.6 Å². The van der Waals surface area contributed by atoms with Crippen LogP contribution < -0.4 is 4.74 Å². The molecular formula is C20H13NO5S. The Morgan fingerprint density at radius 3 is 2.22 bits per heavy atom. The predicted octanol–water partition coefficient (Wildman–Crippen LogP) is 4.77. The van der Waals surface area contributed by atoms with E-state index in [1.807, 2.05) is 17.5 Å². The lowest BCUT2D eigenvalue weighted by Gasteiger charge is -2.05. The summed E-state index contributed by atoms with van der Waals surface area (Å²) in [6, 6.07) is 15.1. The molecule has 2 aromatic carbocycles. The van der Waals surface area contributed by atoms with E-state index >= 15 is 0 Å². The normalized spacial score (nSPS) is 10.7. The number of nitro benzene ring substituents is 1. The van der Waals surface area contributed by atoms with Gasteiger partial charge >= 0.3 is 5.97 Å². The van der Waals surface area contributed by atoms with E-state index in [-0.39, 0.29) is 22.8 Å². The average Bonchev–Trinajstić information content (AvgIpc) is 3.20. The lowest BCUT2D eigenvalue weighted by atomic mass is 10.1. The van der Waals surface area contributed by atoms with Crippen LogP contribution in [0.3, 0.4) is 0 Å². The summed E-state index contributed by atoms with van der Waals surface area (Å²) in [5.41, 5.74) is 0.558. The summed E-state index contributed by atoms with van der Waals surface area (Å²) < 4.78 is 5.22. The highest BCUT2D eigenvalue weighted by Crippen LogP contribution is 2.18. The van der Waals surface area contributed by atoms with Crippen LogP contribution in [0, 0.1) is 10.1 Å². The molecule has 0 atom stereocenters. The number of benzene rings is 2. The molecule has 0 fully saturated rings. The molecule has 0 N–H and O–H groups in total. The van der Waals surface area contributed by atoms with Crippen molar-refractivity contribution in [3.8, 4) is 5.75 Å². The van der Waals surface area contributed by atoms with E-state index in [0.29, 0.717) is 5.56 Å². The van der Waals surface area contributed by atoms with Crippen molar-refractivity contribution in [1.82, 2.24) is 0 Å². The number of hydrogen-bond acceptors (Lipinski definition) is 6.